The van der Waals surface area contributed by atoms with Gasteiger partial charge in [0.15, 0.2) is 11.4 Å². The normalized spacial score (nSPS) is 11.3. The molecule has 0 bridgehead atoms. The summed E-state index contributed by atoms with van der Waals surface area (Å²) in [7, 11) is 0. The Morgan fingerprint density at radius 3 is 2.74 bits per heavy atom. The molecule has 0 saturated heterocycles. The van der Waals surface area contributed by atoms with Crippen LogP contribution >= 0.6 is 0 Å². The fourth-order valence-electron chi connectivity index (χ4n) is 3.70. The molecule has 5 rings (SSSR count). The zero-order valence-corrected chi connectivity index (χ0v) is 18.7. The van der Waals surface area contributed by atoms with E-state index in [0.29, 0.717) is 33.7 Å². The molecule has 0 aliphatic carbocycles. The van der Waals surface area contributed by atoms with Gasteiger partial charge in [-0.1, -0.05) is 18.1 Å². The highest BCUT2D eigenvalue weighted by Crippen LogP contribution is 2.30. The van der Waals surface area contributed by atoms with Crippen molar-refractivity contribution in [3.05, 3.63) is 114 Å². The Labute approximate surface area is 199 Å². The molecule has 8 heteroatoms. The molecular weight excluding hydrogens is 448 g/mol. The number of rotatable bonds is 5. The van der Waals surface area contributed by atoms with E-state index in [1.54, 1.807) is 70.3 Å². The van der Waals surface area contributed by atoms with Crippen LogP contribution in [0.15, 0.2) is 85.7 Å². The number of nitrogens with zero attached hydrogens (tertiary/aromatic N) is 5. The Bertz CT molecular complexity index is 1590. The summed E-state index contributed by atoms with van der Waals surface area (Å²) < 4.78 is 31.5. The molecule has 0 aliphatic rings. The minimum Gasteiger partial charge on any atom is -0.306 e. The number of alkyl halides is 2. The van der Waals surface area contributed by atoms with Gasteiger partial charge < -0.3 is 4.57 Å². The number of carbonyl (C=O) groups excluding carboxylic acids is 1. The van der Waals surface area contributed by atoms with Crippen molar-refractivity contribution in [2.45, 2.75) is 19.3 Å². The summed E-state index contributed by atoms with van der Waals surface area (Å²) >= 11 is 0. The minimum absolute atomic E-state index is 0.0281. The van der Waals surface area contributed by atoms with Crippen LogP contribution in [0.25, 0.3) is 11.3 Å². The molecule has 0 radical (unpaired) electrons. The Hall–Kier alpha value is -4.64. The largest absolute Gasteiger partial charge is 0.306 e. The van der Waals surface area contributed by atoms with E-state index >= 15 is 0 Å². The lowest BCUT2D eigenvalue weighted by Crippen LogP contribution is -2.11. The number of aromatic nitrogens is 5. The quantitative estimate of drug-likeness (QED) is 0.274. The first kappa shape index (κ1) is 22.2. The lowest BCUT2D eigenvalue weighted by molar-refractivity contribution is 0.0173. The maximum atomic E-state index is 14.1. The Morgan fingerprint density at radius 1 is 1.06 bits per heavy atom. The van der Waals surface area contributed by atoms with Gasteiger partial charge in [-0.15, -0.1) is 0 Å². The van der Waals surface area contributed by atoms with Gasteiger partial charge in [0.05, 0.1) is 12.5 Å². The molecule has 2 aromatic carbocycles. The Morgan fingerprint density at radius 2 is 1.94 bits per heavy atom. The van der Waals surface area contributed by atoms with Crippen molar-refractivity contribution < 1.29 is 13.6 Å². The number of fused-ring (bicyclic) bond motifs is 1. The minimum atomic E-state index is -3.05. The fraction of sp³-hybridized carbons (Fsp3) is 0.111. The topological polar surface area (TPSA) is 65.1 Å². The van der Waals surface area contributed by atoms with Crippen LogP contribution in [0.5, 0.6) is 0 Å². The standard InChI is InChI=1S/C27H19F2N5O/c1-27(28,29)22-13-20(14-24(16-22)33-11-10-30-18-33)15-25(35)21-5-2-4-19(12-21)7-8-23-17-31-26-6-3-9-32-34(23)26/h2-6,9-14,16-18H,15H2,1H3. The molecule has 0 fully saturated rings. The molecule has 0 amide bonds. The van der Waals surface area contributed by atoms with Gasteiger partial charge in [-0.25, -0.2) is 23.3 Å². The van der Waals surface area contributed by atoms with Gasteiger partial charge in [-0.3, -0.25) is 4.79 Å². The van der Waals surface area contributed by atoms with Crippen molar-refractivity contribution in [3.63, 3.8) is 0 Å². The van der Waals surface area contributed by atoms with E-state index in [0.717, 1.165) is 6.92 Å². The Balaban J connectivity index is 1.41. The van der Waals surface area contributed by atoms with Crippen LogP contribution in [0.2, 0.25) is 0 Å². The summed E-state index contributed by atoms with van der Waals surface area (Å²) in [6.45, 7) is 0.840. The van der Waals surface area contributed by atoms with E-state index < -0.39 is 5.92 Å². The van der Waals surface area contributed by atoms with E-state index in [9.17, 15) is 13.6 Å². The summed E-state index contributed by atoms with van der Waals surface area (Å²) in [5.74, 6) is 2.83. The van der Waals surface area contributed by atoms with Crippen LogP contribution in [0.1, 0.15) is 39.7 Å². The van der Waals surface area contributed by atoms with E-state index in [4.69, 9.17) is 0 Å². The van der Waals surface area contributed by atoms with Crippen LogP contribution in [0, 0.1) is 11.8 Å². The molecule has 172 valence electrons. The molecule has 35 heavy (non-hydrogen) atoms. The van der Waals surface area contributed by atoms with E-state index in [1.165, 1.54) is 18.5 Å². The summed E-state index contributed by atoms with van der Waals surface area (Å²) in [4.78, 5) is 21.3. The third-order valence-corrected chi connectivity index (χ3v) is 5.45. The van der Waals surface area contributed by atoms with Crippen molar-refractivity contribution >= 4 is 11.4 Å². The van der Waals surface area contributed by atoms with E-state index in [1.807, 2.05) is 6.07 Å². The van der Waals surface area contributed by atoms with Crippen LogP contribution in [0.4, 0.5) is 8.78 Å². The van der Waals surface area contributed by atoms with Crippen molar-refractivity contribution in [1.29, 1.82) is 0 Å². The van der Waals surface area contributed by atoms with Gasteiger partial charge >= 0.3 is 0 Å². The number of Topliss-reactive ketones (excluding diaryl/α,β-unsaturated/α-hetero) is 1. The third kappa shape index (κ3) is 4.84. The van der Waals surface area contributed by atoms with Crippen LogP contribution in [-0.2, 0) is 12.3 Å². The highest BCUT2D eigenvalue weighted by atomic mass is 19.3. The summed E-state index contributed by atoms with van der Waals surface area (Å²) in [5, 5.41) is 4.23. The highest BCUT2D eigenvalue weighted by Gasteiger charge is 2.26. The molecule has 0 atom stereocenters. The molecular formula is C27H19F2N5O. The molecule has 0 aliphatic heterocycles. The first-order valence-electron chi connectivity index (χ1n) is 10.8. The van der Waals surface area contributed by atoms with Crippen LogP contribution in [-0.4, -0.2) is 29.9 Å². The molecule has 0 N–H and O–H groups in total. The maximum Gasteiger partial charge on any atom is 0.270 e. The molecule has 0 unspecified atom stereocenters. The predicted molar refractivity (Wildman–Crippen MR) is 127 cm³/mol. The molecule has 0 saturated carbocycles. The number of carbonyl (C=O) groups is 1. The van der Waals surface area contributed by atoms with Gasteiger partial charge in [0.2, 0.25) is 0 Å². The number of benzene rings is 2. The zero-order valence-electron chi connectivity index (χ0n) is 18.7. The molecule has 0 spiro atoms. The summed E-state index contributed by atoms with van der Waals surface area (Å²) in [6, 6.07) is 15.1. The Kier molecular flexibility index (Phi) is 5.67. The number of imidazole rings is 2. The second-order valence-corrected chi connectivity index (χ2v) is 8.11. The summed E-state index contributed by atoms with van der Waals surface area (Å²) in [5.41, 5.74) is 3.27. The van der Waals surface area contributed by atoms with Gasteiger partial charge in [0, 0.05) is 54.3 Å². The predicted octanol–water partition coefficient (Wildman–Crippen LogP) is 4.85. The van der Waals surface area contributed by atoms with E-state index in [-0.39, 0.29) is 17.8 Å². The first-order valence-corrected chi connectivity index (χ1v) is 10.8. The van der Waals surface area contributed by atoms with Gasteiger partial charge in [-0.05, 0) is 53.9 Å². The number of ketones is 1. The van der Waals surface area contributed by atoms with Gasteiger partial charge in [-0.2, -0.15) is 5.10 Å². The lowest BCUT2D eigenvalue weighted by Gasteiger charge is -2.15. The molecule has 5 aromatic rings. The monoisotopic (exact) mass is 467 g/mol. The number of halogens is 2. The smallest absolute Gasteiger partial charge is 0.270 e. The number of hydrogen-bond acceptors (Lipinski definition) is 4. The van der Waals surface area contributed by atoms with Crippen LogP contribution < -0.4 is 0 Å². The van der Waals surface area contributed by atoms with Crippen molar-refractivity contribution in [2.24, 2.45) is 0 Å². The zero-order chi connectivity index (χ0) is 24.4. The van der Waals surface area contributed by atoms with Gasteiger partial charge in [0.25, 0.3) is 5.92 Å². The van der Waals surface area contributed by atoms with E-state index in [2.05, 4.69) is 26.9 Å². The van der Waals surface area contributed by atoms with Crippen LogP contribution in [0.3, 0.4) is 0 Å². The maximum absolute atomic E-state index is 14.1. The average molecular weight is 467 g/mol. The second-order valence-electron chi connectivity index (χ2n) is 8.11. The van der Waals surface area contributed by atoms with Crippen molar-refractivity contribution in [1.82, 2.24) is 24.1 Å². The second kappa shape index (κ2) is 8.95. The third-order valence-electron chi connectivity index (χ3n) is 5.45. The summed E-state index contributed by atoms with van der Waals surface area (Å²) in [6.07, 6.45) is 8.02. The lowest BCUT2D eigenvalue weighted by atomic mass is 9.98. The fourth-order valence-corrected chi connectivity index (χ4v) is 3.70. The SMILES string of the molecule is CC(F)(F)c1cc(CC(=O)c2cccc(C#Cc3cnc4cccnn34)c2)cc(-n2ccnc2)c1. The van der Waals surface area contributed by atoms with Crippen molar-refractivity contribution in [2.75, 3.05) is 0 Å². The molecule has 3 heterocycles. The first-order chi connectivity index (χ1) is 16.9. The average Bonchev–Trinajstić information content (AvgIpc) is 3.53. The number of hydrogen-bond donors (Lipinski definition) is 0. The van der Waals surface area contributed by atoms with Gasteiger partial charge in [0.1, 0.15) is 5.69 Å². The highest BCUT2D eigenvalue weighted by molar-refractivity contribution is 5.97. The molecule has 6 nitrogen and oxygen atoms in total. The molecule has 3 aromatic heterocycles. The van der Waals surface area contributed by atoms with Crippen molar-refractivity contribution in [3.8, 4) is 17.5 Å².